The number of nitrogens with two attached hydrogens (primary N) is 2. The summed E-state index contributed by atoms with van der Waals surface area (Å²) in [5, 5.41) is 0.818. The maximum Gasteiger partial charge on any atom is 0.355 e. The third kappa shape index (κ3) is 5.77. The van der Waals surface area contributed by atoms with Crippen LogP contribution >= 0.6 is 23.2 Å². The van der Waals surface area contributed by atoms with Crippen LogP contribution in [0.2, 0.25) is 10.0 Å². The summed E-state index contributed by atoms with van der Waals surface area (Å²) in [7, 11) is 1.58. The summed E-state index contributed by atoms with van der Waals surface area (Å²) in [6.45, 7) is 1.15. The number of benzene rings is 2. The molecule has 0 radical (unpaired) electrons. The molecule has 4 rings (SSSR count). The van der Waals surface area contributed by atoms with Gasteiger partial charge < -0.3 is 21.1 Å². The molecular weight excluding hydrogens is 493 g/mol. The van der Waals surface area contributed by atoms with Crippen molar-refractivity contribution in [2.45, 2.75) is 25.6 Å². The molecule has 0 aliphatic carbocycles. The third-order valence-electron chi connectivity index (χ3n) is 5.67. The van der Waals surface area contributed by atoms with E-state index in [9.17, 15) is 9.59 Å². The molecule has 35 heavy (non-hydrogen) atoms. The monoisotopic (exact) mass is 517 g/mol. The summed E-state index contributed by atoms with van der Waals surface area (Å²) >= 11 is 12.2. The number of halogens is 2. The number of hydrogen-bond acceptors (Lipinski definition) is 6. The molecule has 184 valence electrons. The first kappa shape index (κ1) is 24.6. The zero-order chi connectivity index (χ0) is 25.1. The fourth-order valence-electron chi connectivity index (χ4n) is 4.07. The molecule has 0 spiro atoms. The van der Waals surface area contributed by atoms with Gasteiger partial charge in [-0.2, -0.15) is 4.98 Å². The zero-order valence-electron chi connectivity index (χ0n) is 19.0. The van der Waals surface area contributed by atoms with Gasteiger partial charge >= 0.3 is 11.4 Å². The molecule has 12 heteroatoms. The standard InChI is InChI=1S/C23H25Cl2N7O3/c1-35-19-4-2-14(3-5-19)11-31-21(30-7-6-18(13-30)28-20(26)27)29-22(33)32(23(31)34)12-15-8-16(24)10-17(25)9-15/h2-5,8-10,18H,6-7,11-13H2,1H3,(H4,26,27,28). The van der Waals surface area contributed by atoms with Crippen LogP contribution in [0.15, 0.2) is 57.0 Å². The molecule has 1 saturated heterocycles. The van der Waals surface area contributed by atoms with Crippen LogP contribution < -0.4 is 32.5 Å². The number of guanidine groups is 1. The van der Waals surface area contributed by atoms with Crippen LogP contribution in [-0.2, 0) is 13.1 Å². The number of methoxy groups -OCH3 is 1. The first-order valence-corrected chi connectivity index (χ1v) is 11.6. The summed E-state index contributed by atoms with van der Waals surface area (Å²) in [5.74, 6) is 0.961. The summed E-state index contributed by atoms with van der Waals surface area (Å²) < 4.78 is 7.77. The second-order valence-electron chi connectivity index (χ2n) is 8.22. The van der Waals surface area contributed by atoms with Crippen LogP contribution in [0.1, 0.15) is 17.5 Å². The van der Waals surface area contributed by atoms with Crippen molar-refractivity contribution >= 4 is 35.1 Å². The van der Waals surface area contributed by atoms with Gasteiger partial charge in [0.25, 0.3) is 0 Å². The van der Waals surface area contributed by atoms with E-state index in [2.05, 4.69) is 9.98 Å². The van der Waals surface area contributed by atoms with E-state index in [4.69, 9.17) is 39.4 Å². The van der Waals surface area contributed by atoms with E-state index in [-0.39, 0.29) is 31.0 Å². The number of aliphatic imine (C=N–C) groups is 1. The largest absolute Gasteiger partial charge is 0.497 e. The maximum absolute atomic E-state index is 13.6. The molecule has 2 heterocycles. The second-order valence-corrected chi connectivity index (χ2v) is 9.09. The SMILES string of the molecule is COc1ccc(Cn2c(N3CCC(N=C(N)N)C3)nc(=O)n(Cc3cc(Cl)cc(Cl)c3)c2=O)cc1. The predicted octanol–water partition coefficient (Wildman–Crippen LogP) is 1.67. The Morgan fingerprint density at radius 2 is 1.71 bits per heavy atom. The van der Waals surface area contributed by atoms with Crippen molar-refractivity contribution in [3.63, 3.8) is 0 Å². The fraction of sp³-hybridized carbons (Fsp3) is 0.304. The minimum Gasteiger partial charge on any atom is -0.497 e. The van der Waals surface area contributed by atoms with Crippen LogP contribution in [0.5, 0.6) is 5.75 Å². The molecular formula is C23H25Cl2N7O3. The van der Waals surface area contributed by atoms with Gasteiger partial charge in [0, 0.05) is 23.1 Å². The summed E-state index contributed by atoms with van der Waals surface area (Å²) in [6, 6.07) is 12.1. The molecule has 10 nitrogen and oxygen atoms in total. The molecule has 1 atom stereocenters. The van der Waals surface area contributed by atoms with Crippen molar-refractivity contribution in [3.8, 4) is 5.75 Å². The lowest BCUT2D eigenvalue weighted by molar-refractivity contribution is 0.414. The molecule has 1 aliphatic rings. The highest BCUT2D eigenvalue weighted by molar-refractivity contribution is 6.34. The van der Waals surface area contributed by atoms with Crippen molar-refractivity contribution in [1.82, 2.24) is 14.1 Å². The average Bonchev–Trinajstić information content (AvgIpc) is 3.25. The van der Waals surface area contributed by atoms with Gasteiger partial charge in [-0.25, -0.2) is 19.1 Å². The van der Waals surface area contributed by atoms with E-state index < -0.39 is 11.4 Å². The number of aromatic nitrogens is 3. The van der Waals surface area contributed by atoms with Crippen molar-refractivity contribution in [2.24, 2.45) is 16.5 Å². The van der Waals surface area contributed by atoms with Gasteiger partial charge in [-0.15, -0.1) is 0 Å². The van der Waals surface area contributed by atoms with Gasteiger partial charge in [-0.3, -0.25) is 4.57 Å². The van der Waals surface area contributed by atoms with Crippen LogP contribution in [0.3, 0.4) is 0 Å². The van der Waals surface area contributed by atoms with Gasteiger partial charge in [0.2, 0.25) is 5.95 Å². The van der Waals surface area contributed by atoms with E-state index in [1.54, 1.807) is 25.3 Å². The van der Waals surface area contributed by atoms with Gasteiger partial charge in [0.05, 0.1) is 26.2 Å². The van der Waals surface area contributed by atoms with Crippen molar-refractivity contribution in [2.75, 3.05) is 25.1 Å². The molecule has 0 amide bonds. The van der Waals surface area contributed by atoms with Crippen LogP contribution in [-0.4, -0.2) is 46.3 Å². The van der Waals surface area contributed by atoms with Gasteiger partial charge in [-0.05, 0) is 47.9 Å². The van der Waals surface area contributed by atoms with E-state index >= 15 is 0 Å². The third-order valence-corrected chi connectivity index (χ3v) is 6.11. The van der Waals surface area contributed by atoms with Crippen LogP contribution in [0.4, 0.5) is 5.95 Å². The first-order valence-electron chi connectivity index (χ1n) is 10.9. The molecule has 1 unspecified atom stereocenters. The second kappa shape index (κ2) is 10.4. The van der Waals surface area contributed by atoms with Gasteiger partial charge in [-0.1, -0.05) is 35.3 Å². The maximum atomic E-state index is 13.6. The first-order chi connectivity index (χ1) is 16.7. The van der Waals surface area contributed by atoms with Crippen LogP contribution in [0, 0.1) is 0 Å². The Morgan fingerprint density at radius 3 is 2.34 bits per heavy atom. The summed E-state index contributed by atoms with van der Waals surface area (Å²) in [5.41, 5.74) is 11.3. The Kier molecular flexibility index (Phi) is 7.32. The highest BCUT2D eigenvalue weighted by Gasteiger charge is 2.27. The topological polar surface area (TPSA) is 134 Å². The Labute approximate surface area is 211 Å². The molecule has 1 aliphatic heterocycles. The number of rotatable bonds is 7. The Balaban J connectivity index is 1.77. The van der Waals surface area contributed by atoms with E-state index in [0.29, 0.717) is 40.9 Å². The van der Waals surface area contributed by atoms with Gasteiger partial charge in [0.1, 0.15) is 5.75 Å². The number of nitrogens with zero attached hydrogens (tertiary/aromatic N) is 5. The highest BCUT2D eigenvalue weighted by Crippen LogP contribution is 2.21. The molecule has 1 aromatic heterocycles. The smallest absolute Gasteiger partial charge is 0.355 e. The molecule has 3 aromatic rings. The van der Waals surface area contributed by atoms with Crippen molar-refractivity contribution < 1.29 is 4.74 Å². The lowest BCUT2D eigenvalue weighted by Gasteiger charge is -2.22. The van der Waals surface area contributed by atoms with Crippen molar-refractivity contribution in [1.29, 1.82) is 0 Å². The highest BCUT2D eigenvalue weighted by atomic mass is 35.5. The number of anilines is 1. The van der Waals surface area contributed by atoms with Gasteiger partial charge in [0.15, 0.2) is 5.96 Å². The lowest BCUT2D eigenvalue weighted by Crippen LogP contribution is -2.45. The number of ether oxygens (including phenoxy) is 1. The average molecular weight is 518 g/mol. The predicted molar refractivity (Wildman–Crippen MR) is 137 cm³/mol. The van der Waals surface area contributed by atoms with Crippen LogP contribution in [0.25, 0.3) is 0 Å². The van der Waals surface area contributed by atoms with Crippen molar-refractivity contribution in [3.05, 3.63) is 84.6 Å². The van der Waals surface area contributed by atoms with E-state index in [1.807, 2.05) is 29.2 Å². The van der Waals surface area contributed by atoms with E-state index in [0.717, 1.165) is 10.1 Å². The Hall–Kier alpha value is -3.50. The Morgan fingerprint density at radius 1 is 1.06 bits per heavy atom. The molecule has 1 fully saturated rings. The zero-order valence-corrected chi connectivity index (χ0v) is 20.5. The molecule has 2 aromatic carbocycles. The Bertz CT molecular complexity index is 1340. The molecule has 4 N–H and O–H groups in total. The summed E-state index contributed by atoms with van der Waals surface area (Å²) in [4.78, 5) is 37.0. The quantitative estimate of drug-likeness (QED) is 0.359. The molecule has 0 saturated carbocycles. The fourth-order valence-corrected chi connectivity index (χ4v) is 4.64. The lowest BCUT2D eigenvalue weighted by atomic mass is 10.2. The van der Waals surface area contributed by atoms with E-state index in [1.165, 1.54) is 4.57 Å². The normalized spacial score (nSPS) is 15.3. The summed E-state index contributed by atoms with van der Waals surface area (Å²) in [6.07, 6.45) is 0.667. The number of hydrogen-bond donors (Lipinski definition) is 2. The molecule has 0 bridgehead atoms. The minimum absolute atomic E-state index is 0.00367. The minimum atomic E-state index is -0.669.